The highest BCUT2D eigenvalue weighted by Gasteiger charge is 2.18. The van der Waals surface area contributed by atoms with Crippen LogP contribution >= 0.6 is 0 Å². The van der Waals surface area contributed by atoms with E-state index in [0.29, 0.717) is 11.6 Å². The summed E-state index contributed by atoms with van der Waals surface area (Å²) in [5.74, 6) is 1.75. The van der Waals surface area contributed by atoms with Gasteiger partial charge < -0.3 is 9.47 Å². The molecule has 0 aliphatic rings. The van der Waals surface area contributed by atoms with Crippen molar-refractivity contribution >= 4 is 38.5 Å². The molecule has 35 heavy (non-hydrogen) atoms. The number of rotatable bonds is 6. The normalized spacial score (nSPS) is 11.2. The molecule has 0 amide bonds. The number of carbonyl (C=O) groups excluding carboxylic acids is 1. The molecular formula is C30H22N2O3. The van der Waals surface area contributed by atoms with E-state index in [9.17, 15) is 4.79 Å². The monoisotopic (exact) mass is 458 g/mol. The van der Waals surface area contributed by atoms with Crippen LogP contribution in [-0.2, 0) is 6.61 Å². The summed E-state index contributed by atoms with van der Waals surface area (Å²) in [6.45, 7) is 0.0400. The Morgan fingerprint density at radius 2 is 1.23 bits per heavy atom. The molecule has 170 valence electrons. The molecule has 0 saturated carbocycles. The van der Waals surface area contributed by atoms with Crippen molar-refractivity contribution in [1.82, 2.24) is 9.55 Å². The number of carbonyl (C=O) groups is 1. The molecule has 0 bridgehead atoms. The van der Waals surface area contributed by atoms with Crippen molar-refractivity contribution in [3.8, 4) is 11.5 Å². The topological polar surface area (TPSA) is 53.4 Å². The first-order chi connectivity index (χ1) is 17.3. The van der Waals surface area contributed by atoms with Gasteiger partial charge in [0.05, 0.1) is 11.0 Å². The van der Waals surface area contributed by atoms with Crippen LogP contribution in [0.25, 0.3) is 32.6 Å². The molecule has 0 aliphatic heterocycles. The number of fused-ring (bicyclic) bond motifs is 3. The molecule has 0 aliphatic carbocycles. The maximum Gasteiger partial charge on any atom is 0.270 e. The largest absolute Gasteiger partial charge is 0.485 e. The molecule has 0 radical (unpaired) electrons. The molecule has 0 fully saturated rings. The number of benzene rings is 5. The van der Waals surface area contributed by atoms with E-state index in [0.717, 1.165) is 38.3 Å². The number of ether oxygens (including phenoxy) is 2. The third kappa shape index (κ3) is 3.97. The first-order valence-electron chi connectivity index (χ1n) is 11.5. The highest BCUT2D eigenvalue weighted by Crippen LogP contribution is 2.27. The summed E-state index contributed by atoms with van der Waals surface area (Å²) in [6, 6.07) is 35.4. The highest BCUT2D eigenvalue weighted by molar-refractivity contribution is 5.93. The predicted molar refractivity (Wildman–Crippen MR) is 138 cm³/mol. The predicted octanol–water partition coefficient (Wildman–Crippen LogP) is 6.64. The van der Waals surface area contributed by atoms with E-state index in [1.807, 2.05) is 109 Å². The number of hydrogen-bond donors (Lipinski definition) is 0. The number of nitrogens with zero attached hydrogens (tertiary/aromatic N) is 2. The Bertz CT molecular complexity index is 1680. The van der Waals surface area contributed by atoms with Gasteiger partial charge in [-0.25, -0.2) is 4.98 Å². The number of aromatic nitrogens is 2. The van der Waals surface area contributed by atoms with Crippen molar-refractivity contribution in [2.45, 2.75) is 6.61 Å². The second-order valence-electron chi connectivity index (χ2n) is 8.28. The highest BCUT2D eigenvalue weighted by atomic mass is 16.5. The SMILES string of the molecule is O=C(COc1cccc2ccccc12)n1c(COc2cccc3ccccc23)nc2ccccc21. The number of imidazole rings is 1. The number of hydrogen-bond acceptors (Lipinski definition) is 4. The molecule has 0 unspecified atom stereocenters. The molecule has 6 aromatic rings. The molecule has 0 saturated heterocycles. The first kappa shape index (κ1) is 20.9. The second-order valence-corrected chi connectivity index (χ2v) is 8.28. The van der Waals surface area contributed by atoms with Gasteiger partial charge in [-0.15, -0.1) is 0 Å². The van der Waals surface area contributed by atoms with Gasteiger partial charge in [0.25, 0.3) is 5.91 Å². The molecule has 5 heteroatoms. The second kappa shape index (κ2) is 8.95. The van der Waals surface area contributed by atoms with E-state index in [2.05, 4.69) is 0 Å². The Morgan fingerprint density at radius 3 is 1.94 bits per heavy atom. The fourth-order valence-electron chi connectivity index (χ4n) is 4.44. The van der Waals surface area contributed by atoms with Crippen LogP contribution in [0.3, 0.4) is 0 Å². The summed E-state index contributed by atoms with van der Waals surface area (Å²) in [4.78, 5) is 18.1. The lowest BCUT2D eigenvalue weighted by Gasteiger charge is -2.12. The van der Waals surface area contributed by atoms with Crippen molar-refractivity contribution in [2.75, 3.05) is 6.61 Å². The summed E-state index contributed by atoms with van der Waals surface area (Å²) in [5, 5.41) is 4.15. The van der Waals surface area contributed by atoms with Crippen LogP contribution in [0.4, 0.5) is 0 Å². The van der Waals surface area contributed by atoms with Crippen LogP contribution < -0.4 is 9.47 Å². The minimum Gasteiger partial charge on any atom is -0.485 e. The van der Waals surface area contributed by atoms with Crippen LogP contribution in [0.2, 0.25) is 0 Å². The van der Waals surface area contributed by atoms with Gasteiger partial charge in [-0.3, -0.25) is 9.36 Å². The van der Waals surface area contributed by atoms with Gasteiger partial charge in [-0.2, -0.15) is 0 Å². The van der Waals surface area contributed by atoms with Crippen LogP contribution in [0.15, 0.2) is 109 Å². The minimum atomic E-state index is -0.205. The Hall–Kier alpha value is -4.64. The molecule has 0 spiro atoms. The van der Waals surface area contributed by atoms with Gasteiger partial charge in [0, 0.05) is 10.8 Å². The lowest BCUT2D eigenvalue weighted by atomic mass is 10.1. The summed E-state index contributed by atoms with van der Waals surface area (Å²) in [6.07, 6.45) is 0. The Balaban J connectivity index is 1.30. The van der Waals surface area contributed by atoms with E-state index in [4.69, 9.17) is 14.5 Å². The molecule has 6 rings (SSSR count). The lowest BCUT2D eigenvalue weighted by molar-refractivity contribution is 0.0835. The average molecular weight is 459 g/mol. The Kier molecular flexibility index (Phi) is 5.35. The van der Waals surface area contributed by atoms with E-state index in [1.165, 1.54) is 0 Å². The summed E-state index contributed by atoms with van der Waals surface area (Å²) in [5.41, 5.74) is 1.47. The summed E-state index contributed by atoms with van der Waals surface area (Å²) < 4.78 is 13.8. The first-order valence-corrected chi connectivity index (χ1v) is 11.5. The van der Waals surface area contributed by atoms with Crippen LogP contribution in [0.1, 0.15) is 10.6 Å². The molecule has 0 N–H and O–H groups in total. The zero-order valence-electron chi connectivity index (χ0n) is 18.9. The molecular weight excluding hydrogens is 436 g/mol. The van der Waals surface area contributed by atoms with Crippen molar-refractivity contribution < 1.29 is 14.3 Å². The molecule has 1 heterocycles. The summed E-state index contributed by atoms with van der Waals surface area (Å²) >= 11 is 0. The van der Waals surface area contributed by atoms with Crippen LogP contribution in [-0.4, -0.2) is 22.1 Å². The maximum absolute atomic E-state index is 13.4. The third-order valence-corrected chi connectivity index (χ3v) is 6.09. The maximum atomic E-state index is 13.4. The van der Waals surface area contributed by atoms with Gasteiger partial charge >= 0.3 is 0 Å². The van der Waals surface area contributed by atoms with Crippen LogP contribution in [0.5, 0.6) is 11.5 Å². The van der Waals surface area contributed by atoms with Gasteiger partial charge in [0.1, 0.15) is 18.1 Å². The average Bonchev–Trinajstić information content (AvgIpc) is 3.29. The van der Waals surface area contributed by atoms with Gasteiger partial charge in [-0.05, 0) is 35.0 Å². The molecule has 5 nitrogen and oxygen atoms in total. The Labute approximate surface area is 202 Å². The van der Waals surface area contributed by atoms with Crippen molar-refractivity contribution in [2.24, 2.45) is 0 Å². The third-order valence-electron chi connectivity index (χ3n) is 6.09. The van der Waals surface area contributed by atoms with E-state index in [-0.39, 0.29) is 19.1 Å². The van der Waals surface area contributed by atoms with E-state index < -0.39 is 0 Å². The van der Waals surface area contributed by atoms with E-state index >= 15 is 0 Å². The van der Waals surface area contributed by atoms with Crippen molar-refractivity contribution in [1.29, 1.82) is 0 Å². The van der Waals surface area contributed by atoms with E-state index in [1.54, 1.807) is 4.57 Å². The lowest BCUT2D eigenvalue weighted by Crippen LogP contribution is -2.22. The quantitative estimate of drug-likeness (QED) is 0.281. The van der Waals surface area contributed by atoms with Crippen molar-refractivity contribution in [3.05, 3.63) is 115 Å². The molecule has 5 aromatic carbocycles. The van der Waals surface area contributed by atoms with Gasteiger partial charge in [0.2, 0.25) is 0 Å². The number of para-hydroxylation sites is 2. The van der Waals surface area contributed by atoms with Crippen molar-refractivity contribution in [3.63, 3.8) is 0 Å². The fourth-order valence-corrected chi connectivity index (χ4v) is 4.44. The standard InChI is InChI=1S/C30H22N2O3/c33-30(20-35-28-18-8-12-22-10-2-4-14-24(22)28)32-26-16-6-5-15-25(26)31-29(32)19-34-27-17-7-11-21-9-1-3-13-23(21)27/h1-18H,19-20H2. The zero-order valence-corrected chi connectivity index (χ0v) is 18.9. The molecule has 0 atom stereocenters. The molecule has 1 aromatic heterocycles. The Morgan fingerprint density at radius 1 is 0.657 bits per heavy atom. The minimum absolute atomic E-state index is 0.115. The van der Waals surface area contributed by atoms with Crippen LogP contribution in [0, 0.1) is 0 Å². The zero-order chi connectivity index (χ0) is 23.6. The summed E-state index contributed by atoms with van der Waals surface area (Å²) in [7, 11) is 0. The van der Waals surface area contributed by atoms with Gasteiger partial charge in [0.15, 0.2) is 12.4 Å². The smallest absolute Gasteiger partial charge is 0.270 e. The fraction of sp³-hybridized carbons (Fsp3) is 0.0667. The van der Waals surface area contributed by atoms with Gasteiger partial charge in [-0.1, -0.05) is 84.9 Å².